The molecule has 0 aromatic carbocycles. The van der Waals surface area contributed by atoms with Crippen LogP contribution in [0.15, 0.2) is 23.3 Å². The lowest BCUT2D eigenvalue weighted by molar-refractivity contribution is 0.0168. The second-order valence-electron chi connectivity index (χ2n) is 7.49. The summed E-state index contributed by atoms with van der Waals surface area (Å²) in [5, 5.41) is 6.73. The van der Waals surface area contributed by atoms with Crippen LogP contribution in [0, 0.1) is 0 Å². The van der Waals surface area contributed by atoms with Crippen LogP contribution in [-0.4, -0.2) is 63.6 Å². The first kappa shape index (κ1) is 24.1. The van der Waals surface area contributed by atoms with E-state index in [0.29, 0.717) is 12.7 Å². The van der Waals surface area contributed by atoms with Gasteiger partial charge >= 0.3 is 0 Å². The number of nitrogens with zero attached hydrogens (tertiary/aromatic N) is 3. The summed E-state index contributed by atoms with van der Waals surface area (Å²) in [5.74, 6) is 1.90. The van der Waals surface area contributed by atoms with E-state index in [1.54, 1.807) is 7.05 Å². The number of aliphatic imine (C=N–C) groups is 1. The fraction of sp³-hybridized carbons (Fsp3) is 0.714. The second-order valence-corrected chi connectivity index (χ2v) is 7.49. The molecule has 29 heavy (non-hydrogen) atoms. The SMILES string of the molecule is CN=C(NCCCOCC1CCCO1)NCc1ccnc(N2CCCCC2)c1.I. The third kappa shape index (κ3) is 8.64. The molecule has 164 valence electrons. The van der Waals surface area contributed by atoms with Gasteiger partial charge in [0, 0.05) is 52.6 Å². The third-order valence-corrected chi connectivity index (χ3v) is 5.26. The van der Waals surface area contributed by atoms with Crippen LogP contribution in [0.1, 0.15) is 44.1 Å². The highest BCUT2D eigenvalue weighted by atomic mass is 127. The lowest BCUT2D eigenvalue weighted by Gasteiger charge is -2.28. The van der Waals surface area contributed by atoms with E-state index in [1.807, 2.05) is 6.20 Å². The van der Waals surface area contributed by atoms with Crippen LogP contribution >= 0.6 is 24.0 Å². The van der Waals surface area contributed by atoms with Crippen molar-refractivity contribution in [2.24, 2.45) is 4.99 Å². The van der Waals surface area contributed by atoms with Crippen LogP contribution in [0.2, 0.25) is 0 Å². The van der Waals surface area contributed by atoms with Gasteiger partial charge in [0.1, 0.15) is 5.82 Å². The predicted molar refractivity (Wildman–Crippen MR) is 128 cm³/mol. The summed E-state index contributed by atoms with van der Waals surface area (Å²) in [7, 11) is 1.80. The van der Waals surface area contributed by atoms with Crippen molar-refractivity contribution in [3.05, 3.63) is 23.9 Å². The maximum atomic E-state index is 5.70. The number of aromatic nitrogens is 1. The Hall–Kier alpha value is -1.13. The minimum Gasteiger partial charge on any atom is -0.379 e. The molecule has 2 saturated heterocycles. The Morgan fingerprint density at radius 1 is 1.28 bits per heavy atom. The Balaban J connectivity index is 0.00000300. The number of guanidine groups is 1. The van der Waals surface area contributed by atoms with Gasteiger partial charge in [0.25, 0.3) is 0 Å². The molecule has 3 heterocycles. The molecular formula is C21H36IN5O2. The lowest BCUT2D eigenvalue weighted by atomic mass is 10.1. The highest BCUT2D eigenvalue weighted by molar-refractivity contribution is 14.0. The van der Waals surface area contributed by atoms with Gasteiger partial charge in [-0.05, 0) is 56.2 Å². The minimum atomic E-state index is 0. The Morgan fingerprint density at radius 2 is 2.14 bits per heavy atom. The molecule has 1 unspecified atom stereocenters. The lowest BCUT2D eigenvalue weighted by Crippen LogP contribution is -2.37. The summed E-state index contributed by atoms with van der Waals surface area (Å²) in [6.07, 6.45) is 9.30. The summed E-state index contributed by atoms with van der Waals surface area (Å²) in [6.45, 7) is 6.14. The van der Waals surface area contributed by atoms with Gasteiger partial charge in [0.05, 0.1) is 12.7 Å². The molecule has 2 N–H and O–H groups in total. The summed E-state index contributed by atoms with van der Waals surface area (Å²) < 4.78 is 11.3. The molecule has 0 radical (unpaired) electrons. The van der Waals surface area contributed by atoms with Crippen LogP contribution in [0.5, 0.6) is 0 Å². The molecule has 1 aromatic heterocycles. The Bertz CT molecular complexity index is 604. The number of hydrogen-bond donors (Lipinski definition) is 2. The van der Waals surface area contributed by atoms with Crippen molar-refractivity contribution in [3.63, 3.8) is 0 Å². The van der Waals surface area contributed by atoms with E-state index >= 15 is 0 Å². The van der Waals surface area contributed by atoms with Crippen molar-refractivity contribution in [1.82, 2.24) is 15.6 Å². The van der Waals surface area contributed by atoms with Gasteiger partial charge in [-0.1, -0.05) is 0 Å². The number of nitrogens with one attached hydrogen (secondary N) is 2. The van der Waals surface area contributed by atoms with E-state index in [4.69, 9.17) is 9.47 Å². The van der Waals surface area contributed by atoms with E-state index < -0.39 is 0 Å². The molecular weight excluding hydrogens is 481 g/mol. The second kappa shape index (κ2) is 14.0. The van der Waals surface area contributed by atoms with E-state index in [9.17, 15) is 0 Å². The number of rotatable bonds is 9. The largest absolute Gasteiger partial charge is 0.379 e. The maximum Gasteiger partial charge on any atom is 0.191 e. The fourth-order valence-corrected chi connectivity index (χ4v) is 3.64. The highest BCUT2D eigenvalue weighted by Crippen LogP contribution is 2.18. The molecule has 8 heteroatoms. The van der Waals surface area contributed by atoms with Gasteiger partial charge in [-0.15, -0.1) is 24.0 Å². The van der Waals surface area contributed by atoms with E-state index in [2.05, 4.69) is 37.6 Å². The third-order valence-electron chi connectivity index (χ3n) is 5.26. The summed E-state index contributed by atoms with van der Waals surface area (Å²) in [6, 6.07) is 4.25. The first-order chi connectivity index (χ1) is 13.8. The maximum absolute atomic E-state index is 5.70. The van der Waals surface area contributed by atoms with Gasteiger partial charge in [-0.3, -0.25) is 4.99 Å². The molecule has 0 spiro atoms. The van der Waals surface area contributed by atoms with Gasteiger partial charge < -0.3 is 25.0 Å². The summed E-state index contributed by atoms with van der Waals surface area (Å²) in [5.41, 5.74) is 1.22. The molecule has 0 bridgehead atoms. The van der Waals surface area contributed by atoms with Gasteiger partial charge in [-0.25, -0.2) is 4.98 Å². The van der Waals surface area contributed by atoms with Crippen molar-refractivity contribution in [1.29, 1.82) is 0 Å². The number of hydrogen-bond acceptors (Lipinski definition) is 5. The molecule has 2 aliphatic heterocycles. The number of ether oxygens (including phenoxy) is 2. The monoisotopic (exact) mass is 517 g/mol. The Labute approximate surface area is 192 Å². The molecule has 0 aliphatic carbocycles. The zero-order valence-corrected chi connectivity index (χ0v) is 19.9. The molecule has 1 atom stereocenters. The Morgan fingerprint density at radius 3 is 2.90 bits per heavy atom. The fourth-order valence-electron chi connectivity index (χ4n) is 3.64. The zero-order valence-electron chi connectivity index (χ0n) is 17.6. The standard InChI is InChI=1S/C21H35N5O2.HI/c1-22-21(24-9-6-13-27-17-19-7-5-14-28-19)25-16-18-8-10-23-20(15-18)26-11-3-2-4-12-26;/h8,10,15,19H,2-7,9,11-14,16-17H2,1H3,(H2,22,24,25);1H. The first-order valence-corrected chi connectivity index (χ1v) is 10.7. The number of halogens is 1. The number of piperidine rings is 1. The summed E-state index contributed by atoms with van der Waals surface area (Å²) >= 11 is 0. The van der Waals surface area contributed by atoms with Gasteiger partial charge in [0.15, 0.2) is 5.96 Å². The van der Waals surface area contributed by atoms with Crippen molar-refractivity contribution < 1.29 is 9.47 Å². The van der Waals surface area contributed by atoms with E-state index in [0.717, 1.165) is 70.4 Å². The average Bonchev–Trinajstić information content (AvgIpc) is 3.27. The molecule has 7 nitrogen and oxygen atoms in total. The molecule has 0 saturated carbocycles. The van der Waals surface area contributed by atoms with E-state index in [-0.39, 0.29) is 24.0 Å². The predicted octanol–water partition coefficient (Wildman–Crippen LogP) is 2.94. The van der Waals surface area contributed by atoms with Crippen LogP contribution in [-0.2, 0) is 16.0 Å². The average molecular weight is 517 g/mol. The number of anilines is 1. The summed E-state index contributed by atoms with van der Waals surface area (Å²) in [4.78, 5) is 11.2. The van der Waals surface area contributed by atoms with Crippen molar-refractivity contribution in [2.75, 3.05) is 51.4 Å². The van der Waals surface area contributed by atoms with Crippen LogP contribution in [0.3, 0.4) is 0 Å². The molecule has 2 aliphatic rings. The van der Waals surface area contributed by atoms with Crippen LogP contribution in [0.4, 0.5) is 5.82 Å². The zero-order chi connectivity index (χ0) is 19.4. The molecule has 0 amide bonds. The molecule has 2 fully saturated rings. The van der Waals surface area contributed by atoms with E-state index in [1.165, 1.54) is 24.8 Å². The molecule has 1 aromatic rings. The smallest absolute Gasteiger partial charge is 0.191 e. The van der Waals surface area contributed by atoms with Gasteiger partial charge in [-0.2, -0.15) is 0 Å². The van der Waals surface area contributed by atoms with Gasteiger partial charge in [0.2, 0.25) is 0 Å². The van der Waals surface area contributed by atoms with Crippen LogP contribution in [0.25, 0.3) is 0 Å². The topological polar surface area (TPSA) is 71.0 Å². The first-order valence-electron chi connectivity index (χ1n) is 10.7. The normalized spacial score (nSPS) is 19.7. The Kier molecular flexibility index (Phi) is 11.6. The quantitative estimate of drug-likeness (QED) is 0.227. The minimum absolute atomic E-state index is 0. The van der Waals surface area contributed by atoms with Crippen molar-refractivity contribution in [3.8, 4) is 0 Å². The van der Waals surface area contributed by atoms with Crippen LogP contribution < -0.4 is 15.5 Å². The highest BCUT2D eigenvalue weighted by Gasteiger charge is 2.15. The van der Waals surface area contributed by atoms with Crippen molar-refractivity contribution in [2.45, 2.75) is 51.2 Å². The number of pyridine rings is 1. The molecule has 3 rings (SSSR count). The van der Waals surface area contributed by atoms with Crippen molar-refractivity contribution >= 4 is 35.8 Å².